The van der Waals surface area contributed by atoms with Gasteiger partial charge in [-0.25, -0.2) is 14.4 Å². The summed E-state index contributed by atoms with van der Waals surface area (Å²) in [6.45, 7) is 2.08. The Morgan fingerprint density at radius 2 is 2.04 bits per heavy atom. The molecule has 4 rings (SSSR count). The lowest BCUT2D eigenvalue weighted by Gasteiger charge is -2.15. The molecular weight excluding hydrogens is 387 g/mol. The molecule has 0 bridgehead atoms. The van der Waals surface area contributed by atoms with Crippen LogP contribution in [0, 0.1) is 5.82 Å². The van der Waals surface area contributed by atoms with Crippen LogP contribution in [0.25, 0.3) is 10.6 Å². The van der Waals surface area contributed by atoms with Crippen LogP contribution >= 0.6 is 22.9 Å². The van der Waals surface area contributed by atoms with E-state index in [1.54, 1.807) is 11.6 Å². The number of carbonyl (C=O) groups is 1. The summed E-state index contributed by atoms with van der Waals surface area (Å²) in [5.41, 5.74) is 1.48. The van der Waals surface area contributed by atoms with Crippen molar-refractivity contribution in [2.24, 2.45) is 0 Å². The minimum atomic E-state index is -0.459. The second kappa shape index (κ2) is 7.62. The molecule has 1 N–H and O–H groups in total. The zero-order valence-corrected chi connectivity index (χ0v) is 15.9. The molecule has 1 saturated heterocycles. The first-order valence-corrected chi connectivity index (χ1v) is 9.79. The SMILES string of the molecule is O=C(Nc1ccc(F)cc1Cl)c1csc(-c2ccc(N3CCCC3)nc2)n1. The molecule has 0 aliphatic carbocycles. The van der Waals surface area contributed by atoms with Gasteiger partial charge in [-0.05, 0) is 43.2 Å². The molecule has 8 heteroatoms. The molecule has 1 amide bonds. The fourth-order valence-electron chi connectivity index (χ4n) is 2.93. The van der Waals surface area contributed by atoms with E-state index in [-0.39, 0.29) is 10.7 Å². The molecule has 1 fully saturated rings. The third-order valence-electron chi connectivity index (χ3n) is 4.34. The molecule has 0 spiro atoms. The second-order valence-corrected chi connectivity index (χ2v) is 7.48. The average molecular weight is 403 g/mol. The Morgan fingerprint density at radius 3 is 2.74 bits per heavy atom. The van der Waals surface area contributed by atoms with Crippen molar-refractivity contribution in [1.82, 2.24) is 9.97 Å². The number of hydrogen-bond acceptors (Lipinski definition) is 5. The average Bonchev–Trinajstić information content (AvgIpc) is 3.36. The molecule has 138 valence electrons. The van der Waals surface area contributed by atoms with Crippen molar-refractivity contribution in [1.29, 1.82) is 0 Å². The van der Waals surface area contributed by atoms with Crippen molar-refractivity contribution in [3.8, 4) is 10.6 Å². The van der Waals surface area contributed by atoms with Gasteiger partial charge in [-0.1, -0.05) is 11.6 Å². The van der Waals surface area contributed by atoms with E-state index in [0.29, 0.717) is 10.7 Å². The summed E-state index contributed by atoms with van der Waals surface area (Å²) >= 11 is 7.31. The van der Waals surface area contributed by atoms with Gasteiger partial charge in [0, 0.05) is 30.2 Å². The van der Waals surface area contributed by atoms with Gasteiger partial charge in [0.2, 0.25) is 0 Å². The summed E-state index contributed by atoms with van der Waals surface area (Å²) < 4.78 is 13.1. The molecule has 0 unspecified atom stereocenters. The van der Waals surface area contributed by atoms with Gasteiger partial charge in [0.25, 0.3) is 5.91 Å². The molecule has 2 aromatic heterocycles. The highest BCUT2D eigenvalue weighted by Gasteiger charge is 2.16. The summed E-state index contributed by atoms with van der Waals surface area (Å²) in [5, 5.41) is 5.18. The topological polar surface area (TPSA) is 58.1 Å². The Balaban J connectivity index is 1.48. The number of hydrogen-bond donors (Lipinski definition) is 1. The minimum Gasteiger partial charge on any atom is -0.357 e. The fraction of sp³-hybridized carbons (Fsp3) is 0.211. The van der Waals surface area contributed by atoms with Gasteiger partial charge < -0.3 is 10.2 Å². The van der Waals surface area contributed by atoms with Gasteiger partial charge in [-0.2, -0.15) is 0 Å². The van der Waals surface area contributed by atoms with Crippen LogP contribution in [0.5, 0.6) is 0 Å². The van der Waals surface area contributed by atoms with Gasteiger partial charge in [0.05, 0.1) is 10.7 Å². The molecule has 0 saturated carbocycles. The van der Waals surface area contributed by atoms with E-state index in [4.69, 9.17) is 11.6 Å². The lowest BCUT2D eigenvalue weighted by Crippen LogP contribution is -2.18. The van der Waals surface area contributed by atoms with E-state index >= 15 is 0 Å². The lowest BCUT2D eigenvalue weighted by atomic mass is 10.3. The van der Waals surface area contributed by atoms with Crippen molar-refractivity contribution < 1.29 is 9.18 Å². The molecule has 1 aliphatic heterocycles. The maximum atomic E-state index is 13.1. The normalized spacial score (nSPS) is 13.8. The van der Waals surface area contributed by atoms with E-state index < -0.39 is 11.7 Å². The van der Waals surface area contributed by atoms with Crippen LogP contribution in [0.15, 0.2) is 41.9 Å². The number of thiazole rings is 1. The number of carbonyl (C=O) groups excluding carboxylic acids is 1. The van der Waals surface area contributed by atoms with Crippen LogP contribution in [0.3, 0.4) is 0 Å². The Bertz CT molecular complexity index is 970. The Morgan fingerprint density at radius 1 is 1.22 bits per heavy atom. The highest BCUT2D eigenvalue weighted by atomic mass is 35.5. The first kappa shape index (κ1) is 17.9. The molecule has 0 radical (unpaired) electrons. The molecule has 5 nitrogen and oxygen atoms in total. The van der Waals surface area contributed by atoms with Crippen molar-refractivity contribution in [3.63, 3.8) is 0 Å². The summed E-state index contributed by atoms with van der Waals surface area (Å²) in [7, 11) is 0. The number of halogens is 2. The largest absolute Gasteiger partial charge is 0.357 e. The van der Waals surface area contributed by atoms with Gasteiger partial charge in [-0.3, -0.25) is 4.79 Å². The van der Waals surface area contributed by atoms with Crippen LogP contribution in [0.1, 0.15) is 23.3 Å². The maximum Gasteiger partial charge on any atom is 0.275 e. The van der Waals surface area contributed by atoms with Gasteiger partial charge in [-0.15, -0.1) is 11.3 Å². The molecule has 1 aromatic carbocycles. The summed E-state index contributed by atoms with van der Waals surface area (Å²) in [5.74, 6) is 0.114. The number of benzene rings is 1. The van der Waals surface area contributed by atoms with Gasteiger partial charge in [0.1, 0.15) is 22.3 Å². The fourth-order valence-corrected chi connectivity index (χ4v) is 3.94. The maximum absolute atomic E-state index is 13.1. The van der Waals surface area contributed by atoms with E-state index in [1.165, 1.54) is 36.3 Å². The van der Waals surface area contributed by atoms with Crippen LogP contribution in [0.4, 0.5) is 15.9 Å². The van der Waals surface area contributed by atoms with Crippen LogP contribution < -0.4 is 10.2 Å². The number of pyridine rings is 1. The Hall–Kier alpha value is -2.51. The number of aromatic nitrogens is 2. The van der Waals surface area contributed by atoms with Crippen molar-refractivity contribution in [2.75, 3.05) is 23.3 Å². The third kappa shape index (κ3) is 3.94. The predicted octanol–water partition coefficient (Wildman–Crippen LogP) is 4.85. The smallest absolute Gasteiger partial charge is 0.275 e. The third-order valence-corrected chi connectivity index (χ3v) is 5.55. The van der Waals surface area contributed by atoms with Crippen molar-refractivity contribution in [2.45, 2.75) is 12.8 Å². The number of nitrogens with zero attached hydrogens (tertiary/aromatic N) is 3. The highest BCUT2D eigenvalue weighted by molar-refractivity contribution is 7.13. The quantitative estimate of drug-likeness (QED) is 0.677. The summed E-state index contributed by atoms with van der Waals surface area (Å²) in [6, 6.07) is 7.76. The summed E-state index contributed by atoms with van der Waals surface area (Å²) in [6.07, 6.45) is 4.18. The van der Waals surface area contributed by atoms with Crippen LogP contribution in [-0.2, 0) is 0 Å². The molecule has 3 aromatic rings. The standard InChI is InChI=1S/C19H16ClFN4OS/c20-14-9-13(21)4-5-15(14)23-18(26)16-11-27-19(24-16)12-3-6-17(22-10-12)25-7-1-2-8-25/h3-6,9-11H,1-2,7-8H2,(H,23,26). The number of rotatable bonds is 4. The zero-order valence-electron chi connectivity index (χ0n) is 14.3. The molecule has 0 atom stereocenters. The predicted molar refractivity (Wildman–Crippen MR) is 106 cm³/mol. The van der Waals surface area contributed by atoms with E-state index in [9.17, 15) is 9.18 Å². The Labute approximate surface area is 164 Å². The summed E-state index contributed by atoms with van der Waals surface area (Å²) in [4.78, 5) is 23.5. The lowest BCUT2D eigenvalue weighted by molar-refractivity contribution is 0.102. The van der Waals surface area contributed by atoms with E-state index in [0.717, 1.165) is 30.5 Å². The number of nitrogens with one attached hydrogen (secondary N) is 1. The number of anilines is 2. The van der Waals surface area contributed by atoms with Crippen LogP contribution in [0.2, 0.25) is 5.02 Å². The van der Waals surface area contributed by atoms with E-state index in [1.807, 2.05) is 12.1 Å². The number of amides is 1. The van der Waals surface area contributed by atoms with Crippen LogP contribution in [-0.4, -0.2) is 29.0 Å². The van der Waals surface area contributed by atoms with Crippen molar-refractivity contribution >= 4 is 40.4 Å². The van der Waals surface area contributed by atoms with Crippen molar-refractivity contribution in [3.05, 3.63) is 58.4 Å². The second-order valence-electron chi connectivity index (χ2n) is 6.22. The highest BCUT2D eigenvalue weighted by Crippen LogP contribution is 2.27. The molecule has 1 aliphatic rings. The molecule has 27 heavy (non-hydrogen) atoms. The molecule has 3 heterocycles. The minimum absolute atomic E-state index is 0.139. The monoisotopic (exact) mass is 402 g/mol. The first-order valence-electron chi connectivity index (χ1n) is 8.53. The zero-order chi connectivity index (χ0) is 18.8. The Kier molecular flexibility index (Phi) is 5.05. The molecular formula is C19H16ClFN4OS. The van der Waals surface area contributed by atoms with Gasteiger partial charge >= 0.3 is 0 Å². The van der Waals surface area contributed by atoms with E-state index in [2.05, 4.69) is 20.2 Å². The van der Waals surface area contributed by atoms with Gasteiger partial charge in [0.15, 0.2) is 0 Å². The first-order chi connectivity index (χ1) is 13.1.